The Morgan fingerprint density at radius 2 is 2.00 bits per heavy atom. The predicted molar refractivity (Wildman–Crippen MR) is 52.3 cm³/mol. The van der Waals surface area contributed by atoms with Gasteiger partial charge in [0.1, 0.15) is 12.4 Å². The summed E-state index contributed by atoms with van der Waals surface area (Å²) in [6.45, 7) is 0.705. The molecule has 0 spiro atoms. The minimum Gasteiger partial charge on any atom is -0.489 e. The first-order valence-electron chi connectivity index (χ1n) is 3.35. The van der Waals surface area contributed by atoms with E-state index in [1.807, 2.05) is 30.3 Å². The second-order valence-electron chi connectivity index (χ2n) is 2.25. The lowest BCUT2D eigenvalue weighted by Crippen LogP contribution is -1.98. The first-order valence-corrected chi connectivity index (χ1v) is 3.35. The lowest BCUT2D eigenvalue weighted by atomic mass is 10.1. The van der Waals surface area contributed by atoms with Gasteiger partial charge in [-0.05, 0) is 23.1 Å². The zero-order valence-electron chi connectivity index (χ0n) is 5.58. The van der Waals surface area contributed by atoms with E-state index in [9.17, 15) is 0 Å². The molecule has 1 aromatic rings. The molecule has 1 nitrogen and oxygen atoms in total. The minimum atomic E-state index is 0. The molecule has 0 fully saturated rings. The topological polar surface area (TPSA) is 9.23 Å². The van der Waals surface area contributed by atoms with Crippen molar-refractivity contribution in [3.8, 4) is 5.75 Å². The third-order valence-electron chi connectivity index (χ3n) is 1.55. The molecule has 0 unspecified atom stereocenters. The Balaban J connectivity index is 0.000000605. The van der Waals surface area contributed by atoms with Crippen molar-refractivity contribution in [1.29, 1.82) is 0 Å². The second kappa shape index (κ2) is 3.39. The van der Waals surface area contributed by atoms with Crippen LogP contribution in [0.1, 0.15) is 5.56 Å². The van der Waals surface area contributed by atoms with Gasteiger partial charge in [0.2, 0.25) is 0 Å². The first-order chi connectivity index (χ1) is 4.97. The Labute approximate surface area is 70.7 Å². The third-order valence-corrected chi connectivity index (χ3v) is 1.55. The van der Waals surface area contributed by atoms with Gasteiger partial charge in [0, 0.05) is 5.56 Å². The van der Waals surface area contributed by atoms with Crippen LogP contribution in [0.25, 0.3) is 6.08 Å². The maximum atomic E-state index is 5.34. The van der Waals surface area contributed by atoms with Crippen LogP contribution in [0, 0.1) is 0 Å². The summed E-state index contributed by atoms with van der Waals surface area (Å²) < 4.78 is 5.34. The molecular formula is C9H12OSi. The van der Waals surface area contributed by atoms with Gasteiger partial charge in [-0.2, -0.15) is 0 Å². The number of fused-ring (bicyclic) bond motifs is 1. The Bertz CT molecular complexity index is 268. The van der Waals surface area contributed by atoms with Crippen LogP contribution < -0.4 is 4.74 Å². The van der Waals surface area contributed by atoms with E-state index < -0.39 is 0 Å². The van der Waals surface area contributed by atoms with Gasteiger partial charge in [-0.3, -0.25) is 0 Å². The lowest BCUT2D eigenvalue weighted by Gasteiger charge is -2.10. The van der Waals surface area contributed by atoms with E-state index in [1.54, 1.807) is 0 Å². The summed E-state index contributed by atoms with van der Waals surface area (Å²) in [5.41, 5.74) is 1.17. The van der Waals surface area contributed by atoms with Crippen LogP contribution in [0.3, 0.4) is 0 Å². The molecule has 1 heterocycles. The largest absolute Gasteiger partial charge is 0.489 e. The highest BCUT2D eigenvalue weighted by molar-refractivity contribution is 5.75. The van der Waals surface area contributed by atoms with Crippen LogP contribution in [-0.4, -0.2) is 17.6 Å². The first kappa shape index (κ1) is 8.08. The molecular weight excluding hydrogens is 152 g/mol. The minimum absolute atomic E-state index is 0. The van der Waals surface area contributed by atoms with E-state index in [-0.39, 0.29) is 11.0 Å². The molecule has 0 bridgehead atoms. The van der Waals surface area contributed by atoms with Crippen LogP contribution in [-0.2, 0) is 0 Å². The number of para-hydroxylation sites is 1. The summed E-state index contributed by atoms with van der Waals surface area (Å²) in [6, 6.07) is 8.03. The van der Waals surface area contributed by atoms with Gasteiger partial charge in [0.15, 0.2) is 0 Å². The summed E-state index contributed by atoms with van der Waals surface area (Å²) >= 11 is 0. The zero-order chi connectivity index (χ0) is 6.81. The SMILES string of the molecule is C1=Cc2ccccc2OC1.[SiH4]. The smallest absolute Gasteiger partial charge is 0.126 e. The summed E-state index contributed by atoms with van der Waals surface area (Å²) in [7, 11) is 0. The van der Waals surface area contributed by atoms with E-state index in [0.717, 1.165) is 5.75 Å². The Morgan fingerprint density at radius 3 is 2.82 bits per heavy atom. The van der Waals surface area contributed by atoms with Gasteiger partial charge in [0.05, 0.1) is 0 Å². The Hall–Kier alpha value is -1.02. The quantitative estimate of drug-likeness (QED) is 0.511. The van der Waals surface area contributed by atoms with Crippen molar-refractivity contribution in [3.05, 3.63) is 35.9 Å². The van der Waals surface area contributed by atoms with Gasteiger partial charge in [-0.25, -0.2) is 0 Å². The number of ether oxygens (including phenoxy) is 1. The normalized spacial score (nSPS) is 12.7. The molecule has 1 aliphatic rings. The van der Waals surface area contributed by atoms with Crippen LogP contribution in [0.5, 0.6) is 5.75 Å². The van der Waals surface area contributed by atoms with E-state index in [2.05, 4.69) is 6.08 Å². The molecule has 1 aliphatic heterocycles. The molecule has 0 aromatic heterocycles. The highest BCUT2D eigenvalue weighted by Gasteiger charge is 2.01. The average Bonchev–Trinajstić information content (AvgIpc) is 2.05. The molecule has 58 valence electrons. The highest BCUT2D eigenvalue weighted by atomic mass is 28.1. The van der Waals surface area contributed by atoms with Crippen molar-refractivity contribution < 1.29 is 4.74 Å². The maximum Gasteiger partial charge on any atom is 0.126 e. The Morgan fingerprint density at radius 1 is 1.18 bits per heavy atom. The molecule has 0 amide bonds. The fraction of sp³-hybridized carbons (Fsp3) is 0.111. The van der Waals surface area contributed by atoms with Crippen molar-refractivity contribution >= 4 is 17.0 Å². The fourth-order valence-corrected chi connectivity index (χ4v) is 1.06. The number of benzene rings is 1. The van der Waals surface area contributed by atoms with E-state index in [4.69, 9.17) is 4.74 Å². The van der Waals surface area contributed by atoms with E-state index in [0.29, 0.717) is 6.61 Å². The van der Waals surface area contributed by atoms with Crippen molar-refractivity contribution in [2.24, 2.45) is 0 Å². The van der Waals surface area contributed by atoms with Crippen LogP contribution in [0.2, 0.25) is 0 Å². The second-order valence-corrected chi connectivity index (χ2v) is 2.25. The highest BCUT2D eigenvalue weighted by Crippen LogP contribution is 2.21. The van der Waals surface area contributed by atoms with Gasteiger partial charge in [-0.1, -0.05) is 24.3 Å². The number of rotatable bonds is 0. The van der Waals surface area contributed by atoms with Crippen molar-refractivity contribution in [2.75, 3.05) is 6.61 Å². The Kier molecular flexibility index (Phi) is 2.49. The predicted octanol–water partition coefficient (Wildman–Crippen LogP) is 0.641. The molecule has 0 aliphatic carbocycles. The van der Waals surface area contributed by atoms with Crippen LogP contribution in [0.4, 0.5) is 0 Å². The lowest BCUT2D eigenvalue weighted by molar-refractivity contribution is 0.358. The molecule has 0 atom stereocenters. The summed E-state index contributed by atoms with van der Waals surface area (Å²) in [5, 5.41) is 0. The van der Waals surface area contributed by atoms with Gasteiger partial charge < -0.3 is 4.74 Å². The zero-order valence-corrected chi connectivity index (χ0v) is 5.58. The standard InChI is InChI=1S/C9H8O.H4Si/c1-2-6-9-8(4-1)5-3-7-10-9;/h1-6H,7H2;1H4. The maximum absolute atomic E-state index is 5.34. The molecule has 11 heavy (non-hydrogen) atoms. The van der Waals surface area contributed by atoms with Crippen molar-refractivity contribution in [2.45, 2.75) is 0 Å². The number of hydrogen-bond donors (Lipinski definition) is 0. The van der Waals surface area contributed by atoms with Crippen molar-refractivity contribution in [3.63, 3.8) is 0 Å². The molecule has 2 rings (SSSR count). The third kappa shape index (κ3) is 1.52. The van der Waals surface area contributed by atoms with Crippen molar-refractivity contribution in [1.82, 2.24) is 0 Å². The van der Waals surface area contributed by atoms with E-state index >= 15 is 0 Å². The molecule has 2 heteroatoms. The van der Waals surface area contributed by atoms with Crippen LogP contribution in [0.15, 0.2) is 30.3 Å². The van der Waals surface area contributed by atoms with Gasteiger partial charge in [-0.15, -0.1) is 0 Å². The summed E-state index contributed by atoms with van der Waals surface area (Å²) in [4.78, 5) is 0. The average molecular weight is 164 g/mol. The molecule has 0 N–H and O–H groups in total. The van der Waals surface area contributed by atoms with Crippen LogP contribution >= 0.6 is 0 Å². The number of hydrogen-bond acceptors (Lipinski definition) is 1. The molecule has 0 saturated carbocycles. The monoisotopic (exact) mass is 164 g/mol. The molecule has 0 saturated heterocycles. The molecule has 0 radical (unpaired) electrons. The van der Waals surface area contributed by atoms with E-state index in [1.165, 1.54) is 5.56 Å². The summed E-state index contributed by atoms with van der Waals surface area (Å²) in [5.74, 6) is 0.991. The van der Waals surface area contributed by atoms with Gasteiger partial charge in [0.25, 0.3) is 0 Å². The fourth-order valence-electron chi connectivity index (χ4n) is 1.06. The molecule has 1 aromatic carbocycles. The van der Waals surface area contributed by atoms with Gasteiger partial charge >= 0.3 is 0 Å². The summed E-state index contributed by atoms with van der Waals surface area (Å²) in [6.07, 6.45) is 4.10.